The highest BCUT2D eigenvalue weighted by atomic mass is 14.8. The number of fused-ring (bicyclic) bond motifs is 1. The van der Waals surface area contributed by atoms with Gasteiger partial charge in [-0.2, -0.15) is 0 Å². The number of anilines is 1. The molecule has 4 rings (SSSR count). The molecule has 4 nitrogen and oxygen atoms in total. The number of aryl methyl sites for hydroxylation is 1. The van der Waals surface area contributed by atoms with Crippen LogP contribution in [-0.2, 0) is 0 Å². The highest BCUT2D eigenvalue weighted by molar-refractivity contribution is 5.94. The van der Waals surface area contributed by atoms with Crippen LogP contribution in [0.1, 0.15) is 31.0 Å². The maximum atomic E-state index is 5.72. The Labute approximate surface area is 153 Å². The summed E-state index contributed by atoms with van der Waals surface area (Å²) in [6, 6.07) is 14.5. The second-order valence-electron chi connectivity index (χ2n) is 6.99. The fraction of sp³-hybridized carbons (Fsp3) is 0.182. The molecule has 4 aromatic rings. The van der Waals surface area contributed by atoms with Gasteiger partial charge in [-0.1, -0.05) is 19.9 Å². The number of rotatable bonds is 3. The molecule has 0 saturated carbocycles. The van der Waals surface area contributed by atoms with Crippen LogP contribution < -0.4 is 5.73 Å². The normalized spacial score (nSPS) is 11.4. The van der Waals surface area contributed by atoms with E-state index in [1.54, 1.807) is 0 Å². The molecular formula is C22H22N4. The Balaban J connectivity index is 1.92. The molecule has 0 unspecified atom stereocenters. The van der Waals surface area contributed by atoms with Crippen molar-refractivity contribution >= 4 is 16.7 Å². The van der Waals surface area contributed by atoms with E-state index in [0.29, 0.717) is 11.7 Å². The lowest BCUT2D eigenvalue weighted by atomic mass is 9.94. The molecule has 0 aliphatic heterocycles. The molecule has 0 bridgehead atoms. The van der Waals surface area contributed by atoms with E-state index < -0.39 is 0 Å². The van der Waals surface area contributed by atoms with Crippen molar-refractivity contribution in [1.29, 1.82) is 0 Å². The van der Waals surface area contributed by atoms with E-state index in [2.05, 4.69) is 59.1 Å². The van der Waals surface area contributed by atoms with Gasteiger partial charge in [0.2, 0.25) is 0 Å². The number of nitrogens with two attached hydrogens (primary N) is 1. The van der Waals surface area contributed by atoms with E-state index in [1.807, 2.05) is 31.5 Å². The third-order valence-electron chi connectivity index (χ3n) is 4.72. The minimum absolute atomic E-state index is 0.395. The fourth-order valence-corrected chi connectivity index (χ4v) is 3.50. The first kappa shape index (κ1) is 16.3. The van der Waals surface area contributed by atoms with Crippen molar-refractivity contribution in [3.05, 3.63) is 66.1 Å². The number of aromatic amines is 1. The molecular weight excluding hydrogens is 320 g/mol. The molecule has 26 heavy (non-hydrogen) atoms. The Hall–Kier alpha value is -3.14. The van der Waals surface area contributed by atoms with Gasteiger partial charge in [0.15, 0.2) is 0 Å². The van der Waals surface area contributed by atoms with Gasteiger partial charge in [-0.3, -0.25) is 4.98 Å². The maximum absolute atomic E-state index is 5.72. The Morgan fingerprint density at radius 3 is 2.42 bits per heavy atom. The van der Waals surface area contributed by atoms with Gasteiger partial charge in [-0.05, 0) is 60.4 Å². The predicted octanol–water partition coefficient (Wildman–Crippen LogP) is 5.31. The first-order valence-corrected chi connectivity index (χ1v) is 8.83. The third-order valence-corrected chi connectivity index (χ3v) is 4.72. The zero-order chi connectivity index (χ0) is 18.3. The van der Waals surface area contributed by atoms with Crippen LogP contribution in [0.5, 0.6) is 0 Å². The van der Waals surface area contributed by atoms with Gasteiger partial charge in [0, 0.05) is 40.1 Å². The number of benzene rings is 1. The van der Waals surface area contributed by atoms with Crippen molar-refractivity contribution in [1.82, 2.24) is 15.0 Å². The molecule has 0 aliphatic carbocycles. The SMILES string of the molecule is Cc1cc(-c2[nH]c3ccc(-c4ccc(N)nc4)cc3c2C(C)C)ccn1. The summed E-state index contributed by atoms with van der Waals surface area (Å²) in [4.78, 5) is 12.2. The van der Waals surface area contributed by atoms with E-state index in [4.69, 9.17) is 5.73 Å². The number of hydrogen-bond donors (Lipinski definition) is 2. The van der Waals surface area contributed by atoms with E-state index in [9.17, 15) is 0 Å². The lowest BCUT2D eigenvalue weighted by Gasteiger charge is -2.09. The average Bonchev–Trinajstić information content (AvgIpc) is 3.01. The second kappa shape index (κ2) is 6.30. The van der Waals surface area contributed by atoms with Gasteiger partial charge >= 0.3 is 0 Å². The molecule has 4 heteroatoms. The fourth-order valence-electron chi connectivity index (χ4n) is 3.50. The number of nitrogen functional groups attached to an aromatic ring is 1. The minimum atomic E-state index is 0.395. The number of H-pyrrole nitrogens is 1. The van der Waals surface area contributed by atoms with Crippen LogP contribution in [0.4, 0.5) is 5.82 Å². The molecule has 3 aromatic heterocycles. The van der Waals surface area contributed by atoms with Crippen LogP contribution in [0.3, 0.4) is 0 Å². The Morgan fingerprint density at radius 1 is 0.923 bits per heavy atom. The van der Waals surface area contributed by atoms with Crippen LogP contribution in [-0.4, -0.2) is 15.0 Å². The molecule has 0 radical (unpaired) electrons. The molecule has 0 amide bonds. The van der Waals surface area contributed by atoms with Gasteiger partial charge < -0.3 is 10.7 Å². The number of hydrogen-bond acceptors (Lipinski definition) is 3. The quantitative estimate of drug-likeness (QED) is 0.530. The number of pyridine rings is 2. The van der Waals surface area contributed by atoms with E-state index in [0.717, 1.165) is 22.3 Å². The molecule has 1 aromatic carbocycles. The van der Waals surface area contributed by atoms with Crippen LogP contribution in [0.2, 0.25) is 0 Å². The molecule has 130 valence electrons. The van der Waals surface area contributed by atoms with Gasteiger partial charge in [-0.25, -0.2) is 4.98 Å². The summed E-state index contributed by atoms with van der Waals surface area (Å²) in [5.74, 6) is 0.932. The number of nitrogens with zero attached hydrogens (tertiary/aromatic N) is 2. The zero-order valence-electron chi connectivity index (χ0n) is 15.2. The Morgan fingerprint density at radius 2 is 1.73 bits per heavy atom. The smallest absolute Gasteiger partial charge is 0.123 e. The lowest BCUT2D eigenvalue weighted by molar-refractivity contribution is 0.878. The van der Waals surface area contributed by atoms with Crippen LogP contribution in [0.15, 0.2) is 54.9 Å². The highest BCUT2D eigenvalue weighted by Gasteiger charge is 2.17. The molecule has 0 aliphatic rings. The third kappa shape index (κ3) is 2.84. The first-order valence-electron chi connectivity index (χ1n) is 8.83. The Bertz CT molecular complexity index is 1080. The summed E-state index contributed by atoms with van der Waals surface area (Å²) in [5.41, 5.74) is 13.8. The van der Waals surface area contributed by atoms with E-state index in [-0.39, 0.29) is 0 Å². The van der Waals surface area contributed by atoms with Crippen molar-refractivity contribution in [3.8, 4) is 22.4 Å². The summed E-state index contributed by atoms with van der Waals surface area (Å²) in [5, 5.41) is 1.25. The number of aromatic nitrogens is 3. The first-order chi connectivity index (χ1) is 12.5. The molecule has 0 atom stereocenters. The monoisotopic (exact) mass is 342 g/mol. The summed E-state index contributed by atoms with van der Waals surface area (Å²) in [6.07, 6.45) is 3.69. The molecule has 3 heterocycles. The predicted molar refractivity (Wildman–Crippen MR) is 108 cm³/mol. The van der Waals surface area contributed by atoms with Crippen LogP contribution in [0.25, 0.3) is 33.3 Å². The van der Waals surface area contributed by atoms with Crippen LogP contribution in [0, 0.1) is 6.92 Å². The largest absolute Gasteiger partial charge is 0.384 e. The van der Waals surface area contributed by atoms with Gasteiger partial charge in [0.1, 0.15) is 5.82 Å². The number of nitrogens with one attached hydrogen (secondary N) is 1. The van der Waals surface area contributed by atoms with Crippen molar-refractivity contribution in [2.45, 2.75) is 26.7 Å². The second-order valence-corrected chi connectivity index (χ2v) is 6.99. The maximum Gasteiger partial charge on any atom is 0.123 e. The minimum Gasteiger partial charge on any atom is -0.384 e. The zero-order valence-corrected chi connectivity index (χ0v) is 15.2. The molecule has 0 saturated heterocycles. The van der Waals surface area contributed by atoms with Crippen molar-refractivity contribution in [2.75, 3.05) is 5.73 Å². The van der Waals surface area contributed by atoms with Crippen molar-refractivity contribution in [2.24, 2.45) is 0 Å². The summed E-state index contributed by atoms with van der Waals surface area (Å²) in [7, 11) is 0. The van der Waals surface area contributed by atoms with Crippen LogP contribution >= 0.6 is 0 Å². The van der Waals surface area contributed by atoms with Gasteiger partial charge in [0.25, 0.3) is 0 Å². The lowest BCUT2D eigenvalue weighted by Crippen LogP contribution is -1.91. The summed E-state index contributed by atoms with van der Waals surface area (Å²) >= 11 is 0. The Kier molecular flexibility index (Phi) is 3.96. The topological polar surface area (TPSA) is 67.6 Å². The summed E-state index contributed by atoms with van der Waals surface area (Å²) in [6.45, 7) is 6.49. The standard InChI is InChI=1S/C22H22N4/c1-13(2)21-18-11-15(17-5-7-20(23)25-12-17)4-6-19(18)26-22(21)16-8-9-24-14(3)10-16/h4-13,26H,1-3H3,(H2,23,25). The van der Waals surface area contributed by atoms with Crippen molar-refractivity contribution in [3.63, 3.8) is 0 Å². The molecule has 0 fully saturated rings. The van der Waals surface area contributed by atoms with Gasteiger partial charge in [-0.15, -0.1) is 0 Å². The summed E-state index contributed by atoms with van der Waals surface area (Å²) < 4.78 is 0. The van der Waals surface area contributed by atoms with Crippen molar-refractivity contribution < 1.29 is 0 Å². The van der Waals surface area contributed by atoms with E-state index >= 15 is 0 Å². The van der Waals surface area contributed by atoms with Gasteiger partial charge in [0.05, 0.1) is 5.69 Å². The molecule has 3 N–H and O–H groups in total. The van der Waals surface area contributed by atoms with E-state index in [1.165, 1.54) is 22.2 Å². The average molecular weight is 342 g/mol. The molecule has 0 spiro atoms. The highest BCUT2D eigenvalue weighted by Crippen LogP contribution is 2.37.